The van der Waals surface area contributed by atoms with Gasteiger partial charge < -0.3 is 10.0 Å². The fourth-order valence-corrected chi connectivity index (χ4v) is 4.16. The van der Waals surface area contributed by atoms with Gasteiger partial charge in [0.1, 0.15) is 11.4 Å². The maximum Gasteiger partial charge on any atom is 0.416 e. The monoisotopic (exact) mass is 422 g/mol. The van der Waals surface area contributed by atoms with Gasteiger partial charge in [-0.15, -0.1) is 0 Å². The van der Waals surface area contributed by atoms with E-state index in [0.717, 1.165) is 19.0 Å². The minimum Gasteiger partial charge on any atom is -0.507 e. The van der Waals surface area contributed by atoms with Gasteiger partial charge in [0.15, 0.2) is 5.65 Å². The van der Waals surface area contributed by atoms with Gasteiger partial charge in [0.05, 0.1) is 17.8 Å². The number of aryl methyl sites for hydroxylation is 1. The molecule has 1 aromatic carbocycles. The largest absolute Gasteiger partial charge is 0.507 e. The number of nitrogens with zero attached hydrogens (tertiary/aromatic N) is 4. The number of phenolic OH excluding ortho intramolecular Hbond substituents is 1. The predicted molar refractivity (Wildman–Crippen MR) is 105 cm³/mol. The van der Waals surface area contributed by atoms with Crippen LogP contribution in [0.3, 0.4) is 0 Å². The fraction of sp³-hybridized carbons (Fsp3) is 0.429. The van der Waals surface area contributed by atoms with Crippen molar-refractivity contribution in [2.45, 2.75) is 38.2 Å². The van der Waals surface area contributed by atoms with E-state index in [-0.39, 0.29) is 17.7 Å². The van der Waals surface area contributed by atoms with E-state index in [4.69, 9.17) is 0 Å². The van der Waals surface area contributed by atoms with E-state index >= 15 is 4.39 Å². The zero-order chi connectivity index (χ0) is 21.7. The lowest BCUT2D eigenvalue weighted by Gasteiger charge is -2.35. The quantitative estimate of drug-likeness (QED) is 0.629. The molecule has 1 fully saturated rings. The van der Waals surface area contributed by atoms with Crippen molar-refractivity contribution in [1.82, 2.24) is 19.7 Å². The minimum atomic E-state index is -4.55. The first kappa shape index (κ1) is 20.6. The van der Waals surface area contributed by atoms with E-state index in [2.05, 4.69) is 10.1 Å². The average Bonchev–Trinajstić information content (AvgIpc) is 3.00. The molecule has 1 atom stereocenters. The van der Waals surface area contributed by atoms with E-state index in [0.29, 0.717) is 35.8 Å². The van der Waals surface area contributed by atoms with Crippen LogP contribution in [-0.4, -0.2) is 50.6 Å². The van der Waals surface area contributed by atoms with Crippen LogP contribution >= 0.6 is 0 Å². The van der Waals surface area contributed by atoms with Crippen molar-refractivity contribution in [3.63, 3.8) is 0 Å². The van der Waals surface area contributed by atoms with Crippen molar-refractivity contribution in [2.75, 3.05) is 20.1 Å². The molecule has 0 saturated carbocycles. The zero-order valence-corrected chi connectivity index (χ0v) is 16.7. The topological polar surface area (TPSA) is 54.2 Å². The van der Waals surface area contributed by atoms with Crippen molar-refractivity contribution < 1.29 is 22.7 Å². The molecule has 1 N–H and O–H groups in total. The minimum absolute atomic E-state index is 0.105. The lowest BCUT2D eigenvalue weighted by Crippen LogP contribution is -2.46. The molecule has 1 aliphatic heterocycles. The van der Waals surface area contributed by atoms with Gasteiger partial charge in [-0.05, 0) is 63.2 Å². The SMILES string of the molecule is Cc1cc(C(F)(F)F)cc(O)c1-c1ccc2cn(CC3(F)CCCN(C)C3)nc2n1. The zero-order valence-electron chi connectivity index (χ0n) is 16.7. The van der Waals surface area contributed by atoms with Crippen molar-refractivity contribution in [3.8, 4) is 17.0 Å². The van der Waals surface area contributed by atoms with E-state index in [1.54, 1.807) is 18.3 Å². The maximum absolute atomic E-state index is 15.2. The Morgan fingerprint density at radius 3 is 2.67 bits per heavy atom. The van der Waals surface area contributed by atoms with Crippen molar-refractivity contribution in [2.24, 2.45) is 0 Å². The second-order valence-corrected chi connectivity index (χ2v) is 8.11. The van der Waals surface area contributed by atoms with Crippen LogP contribution in [0, 0.1) is 6.92 Å². The summed E-state index contributed by atoms with van der Waals surface area (Å²) < 4.78 is 55.6. The summed E-state index contributed by atoms with van der Waals surface area (Å²) in [6.45, 7) is 2.79. The number of aromatic nitrogens is 3. The second-order valence-electron chi connectivity index (χ2n) is 8.11. The van der Waals surface area contributed by atoms with Crippen molar-refractivity contribution in [1.29, 1.82) is 0 Å². The van der Waals surface area contributed by atoms with Crippen molar-refractivity contribution in [3.05, 3.63) is 41.6 Å². The molecule has 9 heteroatoms. The normalized spacial score (nSPS) is 20.7. The number of phenols is 1. The van der Waals surface area contributed by atoms with E-state index in [1.807, 2.05) is 11.9 Å². The Morgan fingerprint density at radius 1 is 1.23 bits per heavy atom. The van der Waals surface area contributed by atoms with Crippen LogP contribution in [0.15, 0.2) is 30.5 Å². The molecule has 4 rings (SSSR count). The fourth-order valence-electron chi connectivity index (χ4n) is 4.16. The molecule has 0 spiro atoms. The van der Waals surface area contributed by atoms with Crippen LogP contribution in [0.4, 0.5) is 17.6 Å². The first-order valence-electron chi connectivity index (χ1n) is 9.67. The number of alkyl halides is 4. The Hall–Kier alpha value is -2.68. The molecule has 0 aliphatic carbocycles. The standard InChI is InChI=1S/C21H22F4N4O/c1-13-8-15(21(23,24)25)9-17(30)18(13)16-5-4-14-10-29(27-19(14)26-16)12-20(22)6-3-7-28(2)11-20/h4-5,8-10,30H,3,6-7,11-12H2,1-2H3. The lowest BCUT2D eigenvalue weighted by atomic mass is 9.95. The van der Waals surface area contributed by atoms with Crippen LogP contribution in [0.5, 0.6) is 5.75 Å². The molecule has 160 valence electrons. The Labute approximate surface area is 170 Å². The summed E-state index contributed by atoms with van der Waals surface area (Å²) in [5, 5.41) is 15.3. The Balaban J connectivity index is 1.66. The second kappa shape index (κ2) is 7.23. The van der Waals surface area contributed by atoms with Gasteiger partial charge >= 0.3 is 6.18 Å². The van der Waals surface area contributed by atoms with E-state index < -0.39 is 23.2 Å². The number of fused-ring (bicyclic) bond motifs is 1. The molecule has 1 unspecified atom stereocenters. The average molecular weight is 422 g/mol. The van der Waals surface area contributed by atoms with Crippen molar-refractivity contribution >= 4 is 11.0 Å². The third kappa shape index (κ3) is 3.98. The number of hydrogen-bond donors (Lipinski definition) is 1. The molecular formula is C21H22F4N4O. The summed E-state index contributed by atoms with van der Waals surface area (Å²) in [5.41, 5.74) is -1.17. The van der Waals surface area contributed by atoms with Gasteiger partial charge in [-0.2, -0.15) is 18.3 Å². The number of piperidine rings is 1. The lowest BCUT2D eigenvalue weighted by molar-refractivity contribution is -0.137. The Kier molecular flexibility index (Phi) is 4.96. The van der Waals surface area contributed by atoms with Gasteiger partial charge in [-0.3, -0.25) is 4.68 Å². The third-order valence-corrected chi connectivity index (χ3v) is 5.48. The first-order chi connectivity index (χ1) is 14.0. The molecule has 1 aliphatic rings. The van der Waals surface area contributed by atoms with Crippen LogP contribution in [-0.2, 0) is 12.7 Å². The number of benzene rings is 1. The van der Waals surface area contributed by atoms with Crippen LogP contribution in [0.2, 0.25) is 0 Å². The predicted octanol–water partition coefficient (Wildman–Crippen LogP) is 4.57. The van der Waals surface area contributed by atoms with Crippen LogP contribution in [0.1, 0.15) is 24.0 Å². The summed E-state index contributed by atoms with van der Waals surface area (Å²) >= 11 is 0. The number of likely N-dealkylation sites (tertiary alicyclic amines) is 1. The highest BCUT2D eigenvalue weighted by Gasteiger charge is 2.35. The summed E-state index contributed by atoms with van der Waals surface area (Å²) in [5.74, 6) is -0.499. The van der Waals surface area contributed by atoms with Crippen LogP contribution in [0.25, 0.3) is 22.3 Å². The summed E-state index contributed by atoms with van der Waals surface area (Å²) in [7, 11) is 1.89. The number of aromatic hydroxyl groups is 1. The molecule has 5 nitrogen and oxygen atoms in total. The molecule has 3 aromatic rings. The highest BCUT2D eigenvalue weighted by molar-refractivity contribution is 5.80. The summed E-state index contributed by atoms with van der Waals surface area (Å²) in [6.07, 6.45) is -1.60. The molecule has 0 amide bonds. The smallest absolute Gasteiger partial charge is 0.416 e. The van der Waals surface area contributed by atoms with E-state index in [9.17, 15) is 18.3 Å². The Morgan fingerprint density at radius 2 is 2.00 bits per heavy atom. The molecule has 0 bridgehead atoms. The van der Waals surface area contributed by atoms with Gasteiger partial charge in [0, 0.05) is 23.7 Å². The van der Waals surface area contributed by atoms with Gasteiger partial charge in [0.2, 0.25) is 0 Å². The molecule has 3 heterocycles. The van der Waals surface area contributed by atoms with Gasteiger partial charge in [-0.25, -0.2) is 9.37 Å². The number of pyridine rings is 1. The van der Waals surface area contributed by atoms with Gasteiger partial charge in [0.25, 0.3) is 0 Å². The highest BCUT2D eigenvalue weighted by atomic mass is 19.4. The Bertz CT molecular complexity index is 1070. The maximum atomic E-state index is 15.2. The number of hydrogen-bond acceptors (Lipinski definition) is 4. The first-order valence-corrected chi connectivity index (χ1v) is 9.67. The molecule has 2 aromatic heterocycles. The number of halogens is 4. The molecule has 0 radical (unpaired) electrons. The molecule has 1 saturated heterocycles. The summed E-state index contributed by atoms with van der Waals surface area (Å²) in [6, 6.07) is 5.00. The van der Waals surface area contributed by atoms with E-state index in [1.165, 1.54) is 11.6 Å². The van der Waals surface area contributed by atoms with Gasteiger partial charge in [-0.1, -0.05) is 0 Å². The summed E-state index contributed by atoms with van der Waals surface area (Å²) in [4.78, 5) is 6.36. The highest BCUT2D eigenvalue weighted by Crippen LogP contribution is 2.38. The molecule has 30 heavy (non-hydrogen) atoms. The third-order valence-electron chi connectivity index (χ3n) is 5.48. The van der Waals surface area contributed by atoms with Crippen LogP contribution < -0.4 is 0 Å². The number of rotatable bonds is 3. The molecular weight excluding hydrogens is 400 g/mol.